The fourth-order valence-corrected chi connectivity index (χ4v) is 5.68. The average molecular weight is 387 g/mol. The van der Waals surface area contributed by atoms with Gasteiger partial charge in [-0.25, -0.2) is 13.2 Å². The van der Waals surface area contributed by atoms with E-state index in [9.17, 15) is 13.2 Å². The lowest BCUT2D eigenvalue weighted by Crippen LogP contribution is -2.11. The summed E-state index contributed by atoms with van der Waals surface area (Å²) in [6.07, 6.45) is 0. The van der Waals surface area contributed by atoms with Gasteiger partial charge >= 0.3 is 5.97 Å². The van der Waals surface area contributed by atoms with Gasteiger partial charge in [-0.1, -0.05) is 22.0 Å². The number of ether oxygens (including phenoxy) is 1. The van der Waals surface area contributed by atoms with Crippen molar-refractivity contribution in [1.29, 1.82) is 0 Å². The Labute approximate surface area is 134 Å². The lowest BCUT2D eigenvalue weighted by molar-refractivity contribution is 0.0532. The van der Waals surface area contributed by atoms with Crippen molar-refractivity contribution in [2.24, 2.45) is 0 Å². The number of sulfone groups is 1. The maximum Gasteiger partial charge on any atom is 0.348 e. The number of carbonyl (C=O) groups excluding carboxylic acids is 1. The van der Waals surface area contributed by atoms with E-state index in [4.69, 9.17) is 4.74 Å². The molecule has 0 spiro atoms. The Balaban J connectivity index is 2.18. The van der Waals surface area contributed by atoms with E-state index in [-0.39, 0.29) is 5.75 Å². The molecule has 4 nitrogen and oxygen atoms in total. The predicted molar refractivity (Wildman–Crippen MR) is 84.3 cm³/mol. The van der Waals surface area contributed by atoms with E-state index in [1.165, 1.54) is 11.3 Å². The summed E-state index contributed by atoms with van der Waals surface area (Å²) < 4.78 is 30.4. The maximum atomic E-state index is 12.4. The molecular formula is C14H11BrO4S2. The third-order valence-electron chi connectivity index (χ3n) is 3.15. The van der Waals surface area contributed by atoms with Crippen molar-refractivity contribution < 1.29 is 17.9 Å². The van der Waals surface area contributed by atoms with Gasteiger partial charge in [-0.2, -0.15) is 0 Å². The molecule has 0 N–H and O–H groups in total. The van der Waals surface area contributed by atoms with Crippen molar-refractivity contribution in [3.63, 3.8) is 0 Å². The normalized spacial score (nSPS) is 15.1. The number of hydrogen-bond donors (Lipinski definition) is 0. The van der Waals surface area contributed by atoms with E-state index >= 15 is 0 Å². The number of hydrogen-bond acceptors (Lipinski definition) is 5. The summed E-state index contributed by atoms with van der Waals surface area (Å²) in [5, 5.41) is 0. The van der Waals surface area contributed by atoms with E-state index in [1.54, 1.807) is 31.2 Å². The van der Waals surface area contributed by atoms with Gasteiger partial charge in [0, 0.05) is 14.9 Å². The van der Waals surface area contributed by atoms with E-state index in [2.05, 4.69) is 15.9 Å². The van der Waals surface area contributed by atoms with E-state index in [1.807, 2.05) is 0 Å². The van der Waals surface area contributed by atoms with Gasteiger partial charge in [0.25, 0.3) is 0 Å². The maximum absolute atomic E-state index is 12.4. The highest BCUT2D eigenvalue weighted by atomic mass is 79.9. The molecule has 0 saturated carbocycles. The van der Waals surface area contributed by atoms with Crippen LogP contribution >= 0.6 is 27.3 Å². The molecule has 0 atom stereocenters. The first kappa shape index (κ1) is 14.7. The Kier molecular flexibility index (Phi) is 3.67. The first-order valence-corrected chi connectivity index (χ1v) is 9.51. The Morgan fingerprint density at radius 2 is 2.14 bits per heavy atom. The topological polar surface area (TPSA) is 60.4 Å². The molecule has 1 aromatic carbocycles. The standard InChI is InChI=1S/C14H11BrO4S2/c1-2-19-14(16)11-5-8-7-21(17,18)12-6-9(15)3-4-10(12)13(8)20-11/h3-6H,2,7H2,1H3. The molecule has 1 aliphatic heterocycles. The second kappa shape index (κ2) is 5.23. The van der Waals surface area contributed by atoms with Gasteiger partial charge in [0.1, 0.15) is 4.88 Å². The fourth-order valence-electron chi connectivity index (χ4n) is 2.29. The third-order valence-corrected chi connectivity index (χ3v) is 6.54. The van der Waals surface area contributed by atoms with Crippen LogP contribution in [0.4, 0.5) is 0 Å². The Morgan fingerprint density at radius 3 is 2.86 bits per heavy atom. The summed E-state index contributed by atoms with van der Waals surface area (Å²) >= 11 is 4.57. The summed E-state index contributed by atoms with van der Waals surface area (Å²) in [5.74, 6) is -0.491. The van der Waals surface area contributed by atoms with Gasteiger partial charge < -0.3 is 4.74 Å². The zero-order chi connectivity index (χ0) is 15.2. The molecule has 110 valence electrons. The second-order valence-corrected chi connectivity index (χ2v) is 8.51. The summed E-state index contributed by atoms with van der Waals surface area (Å²) in [7, 11) is -3.38. The summed E-state index contributed by atoms with van der Waals surface area (Å²) in [4.78, 5) is 13.4. The van der Waals surface area contributed by atoms with Crippen LogP contribution in [0.25, 0.3) is 10.4 Å². The van der Waals surface area contributed by atoms with Gasteiger partial charge in [0.2, 0.25) is 0 Å². The minimum atomic E-state index is -3.38. The number of thiophene rings is 1. The first-order chi connectivity index (χ1) is 9.92. The van der Waals surface area contributed by atoms with Gasteiger partial charge in [-0.15, -0.1) is 11.3 Å². The molecule has 0 bridgehead atoms. The van der Waals surface area contributed by atoms with Crippen LogP contribution in [-0.2, 0) is 20.3 Å². The third kappa shape index (κ3) is 2.54. The average Bonchev–Trinajstić information content (AvgIpc) is 2.82. The number of rotatable bonds is 2. The predicted octanol–water partition coefficient (Wildman–Crippen LogP) is 3.64. The van der Waals surface area contributed by atoms with Crippen molar-refractivity contribution >= 4 is 43.1 Å². The fraction of sp³-hybridized carbons (Fsp3) is 0.214. The number of fused-ring (bicyclic) bond motifs is 3. The lowest BCUT2D eigenvalue weighted by atomic mass is 10.1. The van der Waals surface area contributed by atoms with Crippen LogP contribution in [0.3, 0.4) is 0 Å². The number of benzene rings is 1. The zero-order valence-electron chi connectivity index (χ0n) is 11.1. The Hall–Kier alpha value is -1.18. The quantitative estimate of drug-likeness (QED) is 0.739. The molecule has 3 rings (SSSR count). The van der Waals surface area contributed by atoms with Crippen molar-refractivity contribution in [1.82, 2.24) is 0 Å². The molecule has 1 aromatic heterocycles. The van der Waals surface area contributed by atoms with Gasteiger partial charge in [0.15, 0.2) is 9.84 Å². The number of halogens is 1. The van der Waals surface area contributed by atoms with E-state index in [0.717, 1.165) is 9.35 Å². The van der Waals surface area contributed by atoms with Crippen LogP contribution in [0.5, 0.6) is 0 Å². The van der Waals surface area contributed by atoms with Crippen LogP contribution in [0.2, 0.25) is 0 Å². The Morgan fingerprint density at radius 1 is 1.38 bits per heavy atom. The van der Waals surface area contributed by atoms with Crippen LogP contribution in [0.1, 0.15) is 22.2 Å². The lowest BCUT2D eigenvalue weighted by Gasteiger charge is -2.16. The highest BCUT2D eigenvalue weighted by Gasteiger charge is 2.31. The minimum absolute atomic E-state index is 0.0817. The Bertz CT molecular complexity index is 837. The number of esters is 1. The van der Waals surface area contributed by atoms with Crippen molar-refractivity contribution in [3.05, 3.63) is 39.2 Å². The largest absolute Gasteiger partial charge is 0.462 e. The highest BCUT2D eigenvalue weighted by molar-refractivity contribution is 9.10. The molecule has 7 heteroatoms. The zero-order valence-corrected chi connectivity index (χ0v) is 14.3. The summed E-state index contributed by atoms with van der Waals surface area (Å²) in [6, 6.07) is 6.80. The molecule has 2 heterocycles. The van der Waals surface area contributed by atoms with Crippen LogP contribution in [-0.4, -0.2) is 21.0 Å². The van der Waals surface area contributed by atoms with Gasteiger partial charge in [-0.05, 0) is 30.7 Å². The van der Waals surface area contributed by atoms with Gasteiger partial charge in [-0.3, -0.25) is 0 Å². The summed E-state index contributed by atoms with van der Waals surface area (Å²) in [5.41, 5.74) is 1.32. The molecule has 0 amide bonds. The smallest absolute Gasteiger partial charge is 0.348 e. The van der Waals surface area contributed by atoms with Crippen LogP contribution < -0.4 is 0 Å². The van der Waals surface area contributed by atoms with Crippen molar-refractivity contribution in [3.8, 4) is 10.4 Å². The summed E-state index contributed by atoms with van der Waals surface area (Å²) in [6.45, 7) is 2.03. The molecule has 21 heavy (non-hydrogen) atoms. The van der Waals surface area contributed by atoms with E-state index in [0.29, 0.717) is 27.5 Å². The molecule has 2 aromatic rings. The van der Waals surface area contributed by atoms with Crippen molar-refractivity contribution in [2.45, 2.75) is 17.6 Å². The SMILES string of the molecule is CCOC(=O)c1cc2c(s1)-c1ccc(Br)cc1S(=O)(=O)C2. The molecule has 0 radical (unpaired) electrons. The molecule has 0 unspecified atom stereocenters. The van der Waals surface area contributed by atoms with Gasteiger partial charge in [0.05, 0.1) is 17.3 Å². The first-order valence-electron chi connectivity index (χ1n) is 6.25. The van der Waals surface area contributed by atoms with E-state index < -0.39 is 15.8 Å². The molecule has 1 aliphatic rings. The van der Waals surface area contributed by atoms with Crippen LogP contribution in [0.15, 0.2) is 33.6 Å². The minimum Gasteiger partial charge on any atom is -0.462 e. The molecule has 0 aliphatic carbocycles. The van der Waals surface area contributed by atoms with Crippen LogP contribution in [0, 0.1) is 0 Å². The van der Waals surface area contributed by atoms with Crippen molar-refractivity contribution in [2.75, 3.05) is 6.61 Å². The molecular weight excluding hydrogens is 376 g/mol. The number of carbonyl (C=O) groups is 1. The molecule has 0 fully saturated rings. The second-order valence-electron chi connectivity index (χ2n) is 4.59. The monoisotopic (exact) mass is 386 g/mol. The molecule has 0 saturated heterocycles. The highest BCUT2D eigenvalue weighted by Crippen LogP contribution is 2.43.